The topological polar surface area (TPSA) is 52.5 Å². The van der Waals surface area contributed by atoms with Crippen LogP contribution < -0.4 is 5.32 Å². The van der Waals surface area contributed by atoms with Crippen LogP contribution in [0.15, 0.2) is 18.2 Å². The SMILES string of the molecule is OCC1(CNCc2cccc(Cl)c2O)CCCCC1. The zero-order chi connectivity index (χ0) is 13.7. The Morgan fingerprint density at radius 2 is 1.95 bits per heavy atom. The summed E-state index contributed by atoms with van der Waals surface area (Å²) < 4.78 is 0. The first-order valence-corrected chi connectivity index (χ1v) is 7.33. The fraction of sp³-hybridized carbons (Fsp3) is 0.600. The maximum atomic E-state index is 9.83. The van der Waals surface area contributed by atoms with Gasteiger partial charge >= 0.3 is 0 Å². The number of benzene rings is 1. The molecule has 1 aromatic carbocycles. The van der Waals surface area contributed by atoms with Gasteiger partial charge in [-0.3, -0.25) is 0 Å². The Kier molecular flexibility index (Phi) is 5.08. The lowest BCUT2D eigenvalue weighted by molar-refractivity contribution is 0.0810. The van der Waals surface area contributed by atoms with Crippen LogP contribution >= 0.6 is 11.6 Å². The molecule has 0 aromatic heterocycles. The average molecular weight is 284 g/mol. The molecule has 1 aliphatic rings. The van der Waals surface area contributed by atoms with Crippen LogP contribution in [0.4, 0.5) is 0 Å². The van der Waals surface area contributed by atoms with Gasteiger partial charge in [0.25, 0.3) is 0 Å². The molecule has 4 heteroatoms. The summed E-state index contributed by atoms with van der Waals surface area (Å²) in [6.07, 6.45) is 5.84. The van der Waals surface area contributed by atoms with E-state index in [2.05, 4.69) is 5.32 Å². The van der Waals surface area contributed by atoms with Gasteiger partial charge in [0.1, 0.15) is 5.75 Å². The Bertz CT molecular complexity index is 417. The molecule has 0 radical (unpaired) electrons. The van der Waals surface area contributed by atoms with Crippen LogP contribution in [-0.2, 0) is 6.54 Å². The second-order valence-electron chi connectivity index (χ2n) is 5.57. The molecule has 0 atom stereocenters. The molecule has 0 spiro atoms. The number of aliphatic hydroxyl groups excluding tert-OH is 1. The molecule has 0 heterocycles. The highest BCUT2D eigenvalue weighted by atomic mass is 35.5. The smallest absolute Gasteiger partial charge is 0.138 e. The Labute approximate surface area is 119 Å². The van der Waals surface area contributed by atoms with Crippen molar-refractivity contribution in [2.45, 2.75) is 38.6 Å². The van der Waals surface area contributed by atoms with E-state index < -0.39 is 0 Å². The van der Waals surface area contributed by atoms with Gasteiger partial charge in [-0.05, 0) is 18.9 Å². The van der Waals surface area contributed by atoms with E-state index in [9.17, 15) is 10.2 Å². The molecule has 106 valence electrons. The molecule has 0 saturated heterocycles. The molecule has 1 aromatic rings. The van der Waals surface area contributed by atoms with Gasteiger partial charge in [0.2, 0.25) is 0 Å². The molecule has 3 nitrogen and oxygen atoms in total. The summed E-state index contributed by atoms with van der Waals surface area (Å²) in [5.41, 5.74) is 0.823. The van der Waals surface area contributed by atoms with E-state index in [1.54, 1.807) is 6.07 Å². The van der Waals surface area contributed by atoms with Crippen molar-refractivity contribution in [3.05, 3.63) is 28.8 Å². The lowest BCUT2D eigenvalue weighted by Gasteiger charge is -2.35. The highest BCUT2D eigenvalue weighted by Crippen LogP contribution is 2.35. The second-order valence-corrected chi connectivity index (χ2v) is 5.98. The Morgan fingerprint density at radius 1 is 1.21 bits per heavy atom. The summed E-state index contributed by atoms with van der Waals surface area (Å²) in [5.74, 6) is 0.151. The van der Waals surface area contributed by atoms with Crippen LogP contribution in [-0.4, -0.2) is 23.4 Å². The fourth-order valence-electron chi connectivity index (χ4n) is 2.86. The van der Waals surface area contributed by atoms with Crippen molar-refractivity contribution in [3.8, 4) is 5.75 Å². The molecule has 2 rings (SSSR count). The predicted molar refractivity (Wildman–Crippen MR) is 77.4 cm³/mol. The van der Waals surface area contributed by atoms with Crippen molar-refractivity contribution in [1.29, 1.82) is 0 Å². The summed E-state index contributed by atoms with van der Waals surface area (Å²) in [4.78, 5) is 0. The standard InChI is InChI=1S/C15H22ClNO2/c16-13-6-4-5-12(14(13)19)9-17-10-15(11-18)7-2-1-3-8-15/h4-6,17-19H,1-3,7-11H2. The van der Waals surface area contributed by atoms with E-state index in [-0.39, 0.29) is 17.8 Å². The van der Waals surface area contributed by atoms with Crippen LogP contribution in [0.1, 0.15) is 37.7 Å². The number of aromatic hydroxyl groups is 1. The minimum Gasteiger partial charge on any atom is -0.506 e. The fourth-order valence-corrected chi connectivity index (χ4v) is 3.05. The van der Waals surface area contributed by atoms with Crippen molar-refractivity contribution in [3.63, 3.8) is 0 Å². The normalized spacial score (nSPS) is 18.4. The van der Waals surface area contributed by atoms with Crippen LogP contribution in [0.2, 0.25) is 5.02 Å². The first-order valence-electron chi connectivity index (χ1n) is 6.95. The van der Waals surface area contributed by atoms with Crippen LogP contribution in [0, 0.1) is 5.41 Å². The molecular weight excluding hydrogens is 262 g/mol. The van der Waals surface area contributed by atoms with Crippen molar-refractivity contribution in [2.75, 3.05) is 13.2 Å². The third-order valence-electron chi connectivity index (χ3n) is 4.14. The van der Waals surface area contributed by atoms with Gasteiger partial charge in [-0.1, -0.05) is 43.0 Å². The number of hydrogen-bond acceptors (Lipinski definition) is 3. The summed E-state index contributed by atoms with van der Waals surface area (Å²) in [6.45, 7) is 1.60. The zero-order valence-corrected chi connectivity index (χ0v) is 11.9. The van der Waals surface area contributed by atoms with Gasteiger partial charge in [0.05, 0.1) is 5.02 Å². The number of aliphatic hydroxyl groups is 1. The monoisotopic (exact) mass is 283 g/mol. The van der Waals surface area contributed by atoms with E-state index in [1.807, 2.05) is 12.1 Å². The third-order valence-corrected chi connectivity index (χ3v) is 4.44. The summed E-state index contributed by atoms with van der Waals surface area (Å²) in [7, 11) is 0. The summed E-state index contributed by atoms with van der Waals surface area (Å²) in [6, 6.07) is 5.37. The van der Waals surface area contributed by atoms with Crippen LogP contribution in [0.3, 0.4) is 0 Å². The minimum atomic E-state index is 0.0203. The molecule has 0 unspecified atom stereocenters. The van der Waals surface area contributed by atoms with E-state index in [1.165, 1.54) is 19.3 Å². The number of phenols is 1. The summed E-state index contributed by atoms with van der Waals surface area (Å²) in [5, 5.41) is 23.2. The zero-order valence-electron chi connectivity index (χ0n) is 11.2. The van der Waals surface area contributed by atoms with E-state index in [0.29, 0.717) is 11.6 Å². The molecule has 19 heavy (non-hydrogen) atoms. The number of nitrogens with one attached hydrogen (secondary N) is 1. The van der Waals surface area contributed by atoms with Gasteiger partial charge < -0.3 is 15.5 Å². The lowest BCUT2D eigenvalue weighted by Crippen LogP contribution is -2.38. The van der Waals surface area contributed by atoms with Gasteiger partial charge in [-0.15, -0.1) is 0 Å². The molecule has 0 aliphatic heterocycles. The number of halogens is 1. The molecule has 1 fully saturated rings. The van der Waals surface area contributed by atoms with Crippen LogP contribution in [0.25, 0.3) is 0 Å². The first-order chi connectivity index (χ1) is 9.17. The number of rotatable bonds is 5. The third kappa shape index (κ3) is 3.62. The predicted octanol–water partition coefficient (Wildman–Crippen LogP) is 3.08. The van der Waals surface area contributed by atoms with E-state index in [0.717, 1.165) is 24.9 Å². The average Bonchev–Trinajstić information content (AvgIpc) is 2.44. The van der Waals surface area contributed by atoms with E-state index >= 15 is 0 Å². The molecular formula is C15H22ClNO2. The van der Waals surface area contributed by atoms with Crippen LogP contribution in [0.5, 0.6) is 5.75 Å². The van der Waals surface area contributed by atoms with Gasteiger partial charge in [-0.2, -0.15) is 0 Å². The first kappa shape index (κ1) is 14.6. The molecule has 0 bridgehead atoms. The minimum absolute atomic E-state index is 0.0203. The lowest BCUT2D eigenvalue weighted by atomic mass is 9.74. The van der Waals surface area contributed by atoms with Gasteiger partial charge in [0.15, 0.2) is 0 Å². The Hall–Kier alpha value is -0.770. The van der Waals surface area contributed by atoms with Crippen molar-refractivity contribution >= 4 is 11.6 Å². The molecule has 0 amide bonds. The summed E-state index contributed by atoms with van der Waals surface area (Å²) >= 11 is 5.88. The molecule has 1 saturated carbocycles. The quantitative estimate of drug-likeness (QED) is 0.778. The van der Waals surface area contributed by atoms with Crippen molar-refractivity contribution < 1.29 is 10.2 Å². The maximum Gasteiger partial charge on any atom is 0.138 e. The number of para-hydroxylation sites is 1. The Morgan fingerprint density at radius 3 is 2.63 bits per heavy atom. The maximum absolute atomic E-state index is 9.83. The van der Waals surface area contributed by atoms with Crippen molar-refractivity contribution in [1.82, 2.24) is 5.32 Å². The largest absolute Gasteiger partial charge is 0.506 e. The molecule has 3 N–H and O–H groups in total. The highest BCUT2D eigenvalue weighted by Gasteiger charge is 2.30. The molecule has 1 aliphatic carbocycles. The highest BCUT2D eigenvalue weighted by molar-refractivity contribution is 6.32. The second kappa shape index (κ2) is 6.60. The van der Waals surface area contributed by atoms with Crippen molar-refractivity contribution in [2.24, 2.45) is 5.41 Å². The Balaban J connectivity index is 1.90. The number of phenolic OH excluding ortho intramolecular Hbond substituents is 1. The van der Waals surface area contributed by atoms with Gasteiger partial charge in [0, 0.05) is 30.7 Å². The number of hydrogen-bond donors (Lipinski definition) is 3. The van der Waals surface area contributed by atoms with Gasteiger partial charge in [-0.25, -0.2) is 0 Å². The van der Waals surface area contributed by atoms with E-state index in [4.69, 9.17) is 11.6 Å².